The number of anilines is 1. The molecule has 0 spiro atoms. The molecule has 0 unspecified atom stereocenters. The zero-order chi connectivity index (χ0) is 11.4. The van der Waals surface area contributed by atoms with Crippen molar-refractivity contribution in [3.8, 4) is 0 Å². The minimum absolute atomic E-state index is 0.598. The number of aliphatic imine (C=N–C) groups is 1. The topological polar surface area (TPSA) is 24.4 Å². The summed E-state index contributed by atoms with van der Waals surface area (Å²) in [6.07, 6.45) is 3.58. The van der Waals surface area contributed by atoms with Gasteiger partial charge >= 0.3 is 0 Å². The molecule has 1 aromatic carbocycles. The average Bonchev–Trinajstić information content (AvgIpc) is 2.31. The van der Waals surface area contributed by atoms with Crippen LogP contribution in [0.1, 0.15) is 44.6 Å². The summed E-state index contributed by atoms with van der Waals surface area (Å²) in [5.74, 6) is 1.74. The van der Waals surface area contributed by atoms with E-state index >= 15 is 0 Å². The van der Waals surface area contributed by atoms with E-state index in [4.69, 9.17) is 0 Å². The molecule has 0 amide bonds. The molecule has 0 bridgehead atoms. The number of amidine groups is 1. The smallest absolute Gasteiger partial charge is 0.101 e. The van der Waals surface area contributed by atoms with E-state index in [0.29, 0.717) is 5.92 Å². The van der Waals surface area contributed by atoms with Gasteiger partial charge in [0.05, 0.1) is 0 Å². The van der Waals surface area contributed by atoms with Crippen LogP contribution in [0.25, 0.3) is 0 Å². The molecular formula is C14H20N2. The lowest BCUT2D eigenvalue weighted by Crippen LogP contribution is -2.15. The predicted octanol–water partition coefficient (Wildman–Crippen LogP) is 3.80. The van der Waals surface area contributed by atoms with Crippen LogP contribution in [0.2, 0.25) is 0 Å². The second-order valence-electron chi connectivity index (χ2n) is 4.69. The minimum atomic E-state index is 0.598. The summed E-state index contributed by atoms with van der Waals surface area (Å²) in [5, 5.41) is 3.40. The number of hydrogen-bond acceptors (Lipinski definition) is 2. The molecule has 0 fully saturated rings. The van der Waals surface area contributed by atoms with E-state index in [1.807, 2.05) is 0 Å². The number of benzene rings is 1. The lowest BCUT2D eigenvalue weighted by Gasteiger charge is -2.14. The Morgan fingerprint density at radius 1 is 1.12 bits per heavy atom. The molecule has 0 saturated heterocycles. The number of nitrogens with one attached hydrogen (secondary N) is 1. The van der Waals surface area contributed by atoms with Gasteiger partial charge in [-0.2, -0.15) is 0 Å². The van der Waals surface area contributed by atoms with Crippen LogP contribution in [0, 0.1) is 0 Å². The summed E-state index contributed by atoms with van der Waals surface area (Å²) in [4.78, 5) is 4.49. The summed E-state index contributed by atoms with van der Waals surface area (Å²) in [5.41, 5.74) is 2.54. The van der Waals surface area contributed by atoms with Crippen LogP contribution >= 0.6 is 0 Å². The van der Waals surface area contributed by atoms with Gasteiger partial charge in [-0.3, -0.25) is 4.99 Å². The first-order chi connectivity index (χ1) is 7.75. The van der Waals surface area contributed by atoms with Crippen LogP contribution in [-0.2, 0) is 0 Å². The van der Waals surface area contributed by atoms with E-state index < -0.39 is 0 Å². The molecule has 16 heavy (non-hydrogen) atoms. The highest BCUT2D eigenvalue weighted by atomic mass is 15.0. The van der Waals surface area contributed by atoms with Gasteiger partial charge in [0.2, 0.25) is 0 Å². The van der Waals surface area contributed by atoms with Gasteiger partial charge in [0.15, 0.2) is 0 Å². The van der Waals surface area contributed by atoms with Gasteiger partial charge in [-0.25, -0.2) is 0 Å². The van der Waals surface area contributed by atoms with E-state index in [0.717, 1.165) is 24.5 Å². The normalized spacial score (nSPS) is 16.1. The molecule has 2 nitrogen and oxygen atoms in total. The van der Waals surface area contributed by atoms with Gasteiger partial charge in [0, 0.05) is 18.7 Å². The first-order valence-corrected chi connectivity index (χ1v) is 6.16. The highest BCUT2D eigenvalue weighted by Gasteiger charge is 2.05. The number of rotatable bonds is 2. The lowest BCUT2D eigenvalue weighted by atomic mass is 10.0. The maximum absolute atomic E-state index is 4.49. The Labute approximate surface area is 97.8 Å². The van der Waals surface area contributed by atoms with Crippen molar-refractivity contribution in [2.45, 2.75) is 39.0 Å². The Balaban J connectivity index is 2.02. The van der Waals surface area contributed by atoms with Crippen molar-refractivity contribution >= 4 is 11.5 Å². The van der Waals surface area contributed by atoms with Gasteiger partial charge in [-0.05, 0) is 36.5 Å². The molecule has 1 N–H and O–H groups in total. The Morgan fingerprint density at radius 3 is 2.44 bits per heavy atom. The van der Waals surface area contributed by atoms with E-state index in [2.05, 4.69) is 48.4 Å². The van der Waals surface area contributed by atoms with Crippen LogP contribution in [0.15, 0.2) is 29.3 Å². The fourth-order valence-electron chi connectivity index (χ4n) is 1.92. The molecule has 1 aromatic rings. The SMILES string of the molecule is CC(C)c1ccc(NC2=NCCCC2)cc1. The van der Waals surface area contributed by atoms with Crippen molar-refractivity contribution in [2.75, 3.05) is 11.9 Å². The molecule has 0 aliphatic carbocycles. The van der Waals surface area contributed by atoms with Crippen LogP contribution in [0.5, 0.6) is 0 Å². The number of hydrogen-bond donors (Lipinski definition) is 1. The molecule has 2 rings (SSSR count). The first-order valence-electron chi connectivity index (χ1n) is 6.16. The van der Waals surface area contributed by atoms with Gasteiger partial charge in [0.25, 0.3) is 0 Å². The lowest BCUT2D eigenvalue weighted by molar-refractivity contribution is 0.737. The monoisotopic (exact) mass is 216 g/mol. The molecule has 0 aromatic heterocycles. The molecule has 0 atom stereocenters. The van der Waals surface area contributed by atoms with Gasteiger partial charge in [-0.1, -0.05) is 26.0 Å². The molecule has 2 heteroatoms. The highest BCUT2D eigenvalue weighted by molar-refractivity contribution is 5.95. The van der Waals surface area contributed by atoms with Crippen molar-refractivity contribution < 1.29 is 0 Å². The predicted molar refractivity (Wildman–Crippen MR) is 70.3 cm³/mol. The van der Waals surface area contributed by atoms with Gasteiger partial charge in [0.1, 0.15) is 5.84 Å². The highest BCUT2D eigenvalue weighted by Crippen LogP contribution is 2.18. The number of nitrogens with zero attached hydrogens (tertiary/aromatic N) is 1. The van der Waals surface area contributed by atoms with Gasteiger partial charge < -0.3 is 5.32 Å². The third-order valence-corrected chi connectivity index (χ3v) is 2.99. The third-order valence-electron chi connectivity index (χ3n) is 2.99. The standard InChI is InChI=1S/C14H20N2/c1-11(2)12-6-8-13(9-7-12)16-14-5-3-4-10-15-14/h6-9,11H,3-5,10H2,1-2H3,(H,15,16). The largest absolute Gasteiger partial charge is 0.344 e. The Bertz CT molecular complexity index is 363. The zero-order valence-electron chi connectivity index (χ0n) is 10.2. The fourth-order valence-corrected chi connectivity index (χ4v) is 1.92. The van der Waals surface area contributed by atoms with Crippen molar-refractivity contribution in [3.63, 3.8) is 0 Å². The Morgan fingerprint density at radius 2 is 1.88 bits per heavy atom. The molecular weight excluding hydrogens is 196 g/mol. The summed E-state index contributed by atoms with van der Waals surface area (Å²) < 4.78 is 0. The second kappa shape index (κ2) is 5.15. The van der Waals surface area contributed by atoms with E-state index in [9.17, 15) is 0 Å². The molecule has 86 valence electrons. The van der Waals surface area contributed by atoms with Crippen LogP contribution in [0.3, 0.4) is 0 Å². The third kappa shape index (κ3) is 2.84. The van der Waals surface area contributed by atoms with Crippen LogP contribution < -0.4 is 5.32 Å². The molecule has 1 aliphatic heterocycles. The van der Waals surface area contributed by atoms with Crippen molar-refractivity contribution in [1.29, 1.82) is 0 Å². The zero-order valence-corrected chi connectivity index (χ0v) is 10.2. The maximum atomic E-state index is 4.49. The van der Waals surface area contributed by atoms with Crippen LogP contribution in [-0.4, -0.2) is 12.4 Å². The Hall–Kier alpha value is -1.31. The molecule has 0 saturated carbocycles. The van der Waals surface area contributed by atoms with Gasteiger partial charge in [-0.15, -0.1) is 0 Å². The first kappa shape index (κ1) is 11.2. The van der Waals surface area contributed by atoms with E-state index in [1.165, 1.54) is 18.4 Å². The van der Waals surface area contributed by atoms with Crippen molar-refractivity contribution in [2.24, 2.45) is 4.99 Å². The minimum Gasteiger partial charge on any atom is -0.344 e. The van der Waals surface area contributed by atoms with E-state index in [1.54, 1.807) is 0 Å². The fraction of sp³-hybridized carbons (Fsp3) is 0.500. The second-order valence-corrected chi connectivity index (χ2v) is 4.69. The molecule has 0 radical (unpaired) electrons. The molecule has 1 heterocycles. The Kier molecular flexibility index (Phi) is 3.60. The van der Waals surface area contributed by atoms with Crippen molar-refractivity contribution in [3.05, 3.63) is 29.8 Å². The summed E-state index contributed by atoms with van der Waals surface area (Å²) in [7, 11) is 0. The summed E-state index contributed by atoms with van der Waals surface area (Å²) >= 11 is 0. The maximum Gasteiger partial charge on any atom is 0.101 e. The van der Waals surface area contributed by atoms with Crippen molar-refractivity contribution in [1.82, 2.24) is 0 Å². The summed E-state index contributed by atoms with van der Waals surface area (Å²) in [6.45, 7) is 5.41. The quantitative estimate of drug-likeness (QED) is 0.798. The van der Waals surface area contributed by atoms with Crippen LogP contribution in [0.4, 0.5) is 5.69 Å². The summed E-state index contributed by atoms with van der Waals surface area (Å²) in [6, 6.07) is 8.67. The molecule has 1 aliphatic rings. The van der Waals surface area contributed by atoms with E-state index in [-0.39, 0.29) is 0 Å². The average molecular weight is 216 g/mol.